The van der Waals surface area contributed by atoms with Gasteiger partial charge in [0, 0.05) is 23.6 Å². The molecule has 0 spiro atoms. The van der Waals surface area contributed by atoms with Gasteiger partial charge >= 0.3 is 0 Å². The second-order valence-corrected chi connectivity index (χ2v) is 4.96. The molecule has 2 aromatic rings. The van der Waals surface area contributed by atoms with Gasteiger partial charge in [-0.25, -0.2) is 0 Å². The van der Waals surface area contributed by atoms with Gasteiger partial charge in [0.05, 0.1) is 19.5 Å². The molecule has 0 amide bonds. The second kappa shape index (κ2) is 6.11. The molecule has 20 heavy (non-hydrogen) atoms. The predicted octanol–water partition coefficient (Wildman–Crippen LogP) is 2.68. The minimum Gasteiger partial charge on any atom is -0.496 e. The van der Waals surface area contributed by atoms with Gasteiger partial charge in [-0.15, -0.1) is 0 Å². The molecule has 4 heteroatoms. The number of benzene rings is 1. The molecule has 108 valence electrons. The van der Waals surface area contributed by atoms with Crippen molar-refractivity contribution >= 4 is 0 Å². The summed E-state index contributed by atoms with van der Waals surface area (Å²) in [5.41, 5.74) is 8.68. The highest BCUT2D eigenvalue weighted by atomic mass is 16.5. The fraction of sp³-hybridized carbons (Fsp3) is 0.375. The van der Waals surface area contributed by atoms with E-state index in [2.05, 4.69) is 0 Å². The van der Waals surface area contributed by atoms with E-state index < -0.39 is 6.10 Å². The van der Waals surface area contributed by atoms with E-state index in [0.29, 0.717) is 12.3 Å². The Kier molecular flexibility index (Phi) is 4.47. The summed E-state index contributed by atoms with van der Waals surface area (Å²) in [7, 11) is 1.62. The van der Waals surface area contributed by atoms with Gasteiger partial charge in [-0.3, -0.25) is 0 Å². The van der Waals surface area contributed by atoms with Gasteiger partial charge in [0.15, 0.2) is 0 Å². The Labute approximate surface area is 119 Å². The Hall–Kier alpha value is -1.78. The molecule has 0 saturated heterocycles. The van der Waals surface area contributed by atoms with Crippen molar-refractivity contribution in [2.24, 2.45) is 5.73 Å². The molecule has 4 nitrogen and oxygen atoms in total. The summed E-state index contributed by atoms with van der Waals surface area (Å²) in [5.74, 6) is 1.22. The van der Waals surface area contributed by atoms with Crippen LogP contribution in [0.2, 0.25) is 0 Å². The molecule has 0 saturated carbocycles. The first kappa shape index (κ1) is 14.6. The van der Waals surface area contributed by atoms with Crippen molar-refractivity contribution < 1.29 is 14.3 Å². The van der Waals surface area contributed by atoms with Gasteiger partial charge < -0.3 is 20.0 Å². The van der Waals surface area contributed by atoms with Gasteiger partial charge in [0.2, 0.25) is 0 Å². The third kappa shape index (κ3) is 2.71. The van der Waals surface area contributed by atoms with Gasteiger partial charge in [-0.2, -0.15) is 0 Å². The number of methoxy groups -OCH3 is 1. The molecule has 1 aromatic heterocycles. The molecule has 0 radical (unpaired) electrons. The molecule has 2 rings (SSSR count). The predicted molar refractivity (Wildman–Crippen MR) is 77.9 cm³/mol. The van der Waals surface area contributed by atoms with Crippen molar-refractivity contribution in [1.82, 2.24) is 0 Å². The van der Waals surface area contributed by atoms with Crippen LogP contribution in [0.15, 0.2) is 34.9 Å². The smallest absolute Gasteiger partial charge is 0.122 e. The van der Waals surface area contributed by atoms with E-state index in [4.69, 9.17) is 14.9 Å². The first-order chi connectivity index (χ1) is 9.58. The van der Waals surface area contributed by atoms with E-state index in [1.807, 2.05) is 32.0 Å². The van der Waals surface area contributed by atoms with E-state index >= 15 is 0 Å². The number of furan rings is 1. The normalized spacial score (nSPS) is 14.1. The monoisotopic (exact) mass is 275 g/mol. The van der Waals surface area contributed by atoms with Crippen LogP contribution in [0.1, 0.15) is 34.5 Å². The van der Waals surface area contributed by atoms with Crippen LogP contribution in [-0.2, 0) is 0 Å². The average molecular weight is 275 g/mol. The Morgan fingerprint density at radius 3 is 2.55 bits per heavy atom. The van der Waals surface area contributed by atoms with Crippen molar-refractivity contribution in [3.8, 4) is 5.75 Å². The highest BCUT2D eigenvalue weighted by Crippen LogP contribution is 2.37. The van der Waals surface area contributed by atoms with Gasteiger partial charge in [0.25, 0.3) is 0 Å². The van der Waals surface area contributed by atoms with Gasteiger partial charge in [-0.1, -0.05) is 17.7 Å². The topological polar surface area (TPSA) is 68.6 Å². The molecule has 1 heterocycles. The maximum atomic E-state index is 10.6. The lowest BCUT2D eigenvalue weighted by atomic mass is 9.88. The number of aryl methyl sites for hydroxylation is 2. The average Bonchev–Trinajstić information content (AvgIpc) is 2.86. The molecule has 2 atom stereocenters. The van der Waals surface area contributed by atoms with Crippen LogP contribution in [0.25, 0.3) is 0 Å². The number of ether oxygens (including phenoxy) is 1. The highest BCUT2D eigenvalue weighted by Gasteiger charge is 2.26. The number of rotatable bonds is 5. The van der Waals surface area contributed by atoms with Crippen LogP contribution in [0.5, 0.6) is 5.75 Å². The lowest BCUT2D eigenvalue weighted by Gasteiger charge is -2.24. The zero-order chi connectivity index (χ0) is 14.7. The summed E-state index contributed by atoms with van der Waals surface area (Å²) in [6.45, 7) is 4.16. The third-order valence-electron chi connectivity index (χ3n) is 3.64. The van der Waals surface area contributed by atoms with Crippen molar-refractivity contribution in [3.05, 3.63) is 53.0 Å². The number of aliphatic hydroxyl groups excluding tert-OH is 1. The quantitative estimate of drug-likeness (QED) is 0.880. The number of aliphatic hydroxyl groups is 1. The minimum atomic E-state index is -0.713. The fourth-order valence-electron chi connectivity index (χ4n) is 2.49. The van der Waals surface area contributed by atoms with Crippen LogP contribution in [0.3, 0.4) is 0 Å². The Morgan fingerprint density at radius 2 is 2.00 bits per heavy atom. The first-order valence-corrected chi connectivity index (χ1v) is 6.65. The van der Waals surface area contributed by atoms with E-state index in [1.165, 1.54) is 0 Å². The Morgan fingerprint density at radius 1 is 1.25 bits per heavy atom. The van der Waals surface area contributed by atoms with Crippen molar-refractivity contribution in [2.75, 3.05) is 13.7 Å². The van der Waals surface area contributed by atoms with E-state index in [9.17, 15) is 5.11 Å². The van der Waals surface area contributed by atoms with Gasteiger partial charge in [0.1, 0.15) is 11.5 Å². The molecule has 0 bridgehead atoms. The highest BCUT2D eigenvalue weighted by molar-refractivity contribution is 5.41. The van der Waals surface area contributed by atoms with Gasteiger partial charge in [-0.05, 0) is 26.0 Å². The van der Waals surface area contributed by atoms with Crippen molar-refractivity contribution in [2.45, 2.75) is 25.9 Å². The molecule has 0 aliphatic carbocycles. The number of nitrogens with two attached hydrogens (primary N) is 1. The third-order valence-corrected chi connectivity index (χ3v) is 3.64. The maximum Gasteiger partial charge on any atom is 0.122 e. The van der Waals surface area contributed by atoms with E-state index in [-0.39, 0.29) is 5.92 Å². The summed E-state index contributed by atoms with van der Waals surface area (Å²) in [5, 5.41) is 10.6. The summed E-state index contributed by atoms with van der Waals surface area (Å²) < 4.78 is 10.7. The zero-order valence-electron chi connectivity index (χ0n) is 12.1. The summed E-state index contributed by atoms with van der Waals surface area (Å²) >= 11 is 0. The summed E-state index contributed by atoms with van der Waals surface area (Å²) in [6, 6.07) is 7.67. The molecule has 3 N–H and O–H groups in total. The minimum absolute atomic E-state index is 0.235. The molecular weight excluding hydrogens is 254 g/mol. The zero-order valence-corrected chi connectivity index (χ0v) is 12.1. The molecule has 0 fully saturated rings. The second-order valence-electron chi connectivity index (χ2n) is 4.96. The first-order valence-electron chi connectivity index (χ1n) is 6.65. The van der Waals surface area contributed by atoms with E-state index in [0.717, 1.165) is 22.4 Å². The molecule has 2 unspecified atom stereocenters. The summed E-state index contributed by atoms with van der Waals surface area (Å²) in [4.78, 5) is 0. The lowest BCUT2D eigenvalue weighted by Crippen LogP contribution is -2.21. The molecule has 0 aliphatic heterocycles. The van der Waals surface area contributed by atoms with Crippen LogP contribution in [0, 0.1) is 13.8 Å². The Balaban J connectivity index is 2.42. The van der Waals surface area contributed by atoms with Crippen molar-refractivity contribution in [3.63, 3.8) is 0 Å². The number of hydrogen-bond donors (Lipinski definition) is 2. The summed E-state index contributed by atoms with van der Waals surface area (Å²) in [6.07, 6.45) is 0.865. The standard InChI is InChI=1S/C16H21NO3/c1-10-4-5-15(19-3)13(8-10)14(9-17)16(18)12-6-7-20-11(12)2/h4-8,14,16,18H,9,17H2,1-3H3. The SMILES string of the molecule is COc1ccc(C)cc1C(CN)C(O)c1ccoc1C. The van der Waals surface area contributed by atoms with Crippen molar-refractivity contribution in [1.29, 1.82) is 0 Å². The van der Waals surface area contributed by atoms with Crippen LogP contribution in [0.4, 0.5) is 0 Å². The largest absolute Gasteiger partial charge is 0.496 e. The molecular formula is C16H21NO3. The van der Waals surface area contributed by atoms with Crippen LogP contribution >= 0.6 is 0 Å². The fourth-order valence-corrected chi connectivity index (χ4v) is 2.49. The maximum absolute atomic E-state index is 10.6. The molecule has 0 aliphatic rings. The van der Waals surface area contributed by atoms with Crippen LogP contribution in [-0.4, -0.2) is 18.8 Å². The molecule has 1 aromatic carbocycles. The lowest BCUT2D eigenvalue weighted by molar-refractivity contribution is 0.144. The van der Waals surface area contributed by atoms with E-state index in [1.54, 1.807) is 19.4 Å². The number of hydrogen-bond acceptors (Lipinski definition) is 4. The van der Waals surface area contributed by atoms with Crippen LogP contribution < -0.4 is 10.5 Å². The Bertz CT molecular complexity index is 577.